The molecule has 15 heteroatoms. The quantitative estimate of drug-likeness (QED) is 0.404. The second-order valence-corrected chi connectivity index (χ2v) is 9.62. The van der Waals surface area contributed by atoms with E-state index < -0.39 is 78.1 Å². The van der Waals surface area contributed by atoms with Crippen LogP contribution < -0.4 is 11.1 Å². The summed E-state index contributed by atoms with van der Waals surface area (Å²) < 4.78 is 80.8. The van der Waals surface area contributed by atoms with Crippen molar-refractivity contribution >= 4 is 23.5 Å². The van der Waals surface area contributed by atoms with Crippen molar-refractivity contribution in [2.75, 3.05) is 19.7 Å². The normalized spacial score (nSPS) is 31.3. The van der Waals surface area contributed by atoms with Gasteiger partial charge in [0.1, 0.15) is 12.6 Å². The molecule has 3 rings (SSSR count). The Bertz CT molecular complexity index is 907. The van der Waals surface area contributed by atoms with Gasteiger partial charge in [0.05, 0.1) is 0 Å². The third-order valence-electron chi connectivity index (χ3n) is 7.25. The molecule has 35 heavy (non-hydrogen) atoms. The van der Waals surface area contributed by atoms with Crippen LogP contribution in [0.5, 0.6) is 0 Å². The number of nitrogens with two attached hydrogens (primary N) is 1. The number of aliphatic hydroxyl groups is 1. The van der Waals surface area contributed by atoms with Crippen LogP contribution in [-0.2, 0) is 23.9 Å². The van der Waals surface area contributed by atoms with E-state index >= 15 is 0 Å². The van der Waals surface area contributed by atoms with Crippen LogP contribution in [0.1, 0.15) is 32.6 Å². The van der Waals surface area contributed by atoms with Crippen molar-refractivity contribution in [3.05, 3.63) is 0 Å². The van der Waals surface area contributed by atoms with E-state index in [4.69, 9.17) is 5.73 Å². The molecule has 2 saturated heterocycles. The standard InChI is InChI=1S/C20H25F6N3O6/c1-17(34,19(21,22)23)16(33)29-8-18(6-12(29)14(27)31)5-11(18)10(4-9-2-3-28-15(9)32)13(30)7-35-20(24,25)26/h9-12,34H,2-8H2,1H3,(H2,27,31)(H,28,32)/t9-,10+,11?,12?,17+,18?/m1/s1. The minimum Gasteiger partial charge on any atom is -0.373 e. The van der Waals surface area contributed by atoms with E-state index in [0.717, 1.165) is 0 Å². The molecule has 0 radical (unpaired) electrons. The van der Waals surface area contributed by atoms with Crippen molar-refractivity contribution in [2.24, 2.45) is 28.9 Å². The third kappa shape index (κ3) is 5.39. The molecule has 9 nitrogen and oxygen atoms in total. The Hall–Kier alpha value is -2.42. The van der Waals surface area contributed by atoms with Gasteiger partial charge in [-0.2, -0.15) is 13.2 Å². The first-order valence-electron chi connectivity index (χ1n) is 10.8. The molecule has 3 amide bonds. The highest BCUT2D eigenvalue weighted by Gasteiger charge is 2.67. The highest BCUT2D eigenvalue weighted by molar-refractivity contribution is 5.92. The number of amides is 3. The van der Waals surface area contributed by atoms with Gasteiger partial charge in [-0.25, -0.2) is 0 Å². The lowest BCUT2D eigenvalue weighted by molar-refractivity contribution is -0.321. The summed E-state index contributed by atoms with van der Waals surface area (Å²) in [5.74, 6) is -6.77. The lowest BCUT2D eigenvalue weighted by atomic mass is 9.83. The summed E-state index contributed by atoms with van der Waals surface area (Å²) in [5, 5.41) is 12.4. The number of ketones is 1. The molecule has 198 valence electrons. The lowest BCUT2D eigenvalue weighted by Crippen LogP contribution is -2.58. The van der Waals surface area contributed by atoms with Crippen molar-refractivity contribution < 1.29 is 55.4 Å². The summed E-state index contributed by atoms with van der Waals surface area (Å²) in [6.45, 7) is -1.23. The van der Waals surface area contributed by atoms with Crippen LogP contribution >= 0.6 is 0 Å². The van der Waals surface area contributed by atoms with Gasteiger partial charge in [0.15, 0.2) is 5.78 Å². The Morgan fingerprint density at radius 1 is 1.23 bits per heavy atom. The van der Waals surface area contributed by atoms with Gasteiger partial charge in [-0.15, -0.1) is 13.2 Å². The van der Waals surface area contributed by atoms with E-state index in [9.17, 15) is 50.6 Å². The molecule has 4 N–H and O–H groups in total. The summed E-state index contributed by atoms with van der Waals surface area (Å²) in [6.07, 6.45) is -10.3. The van der Waals surface area contributed by atoms with Crippen LogP contribution in [0.25, 0.3) is 0 Å². The molecule has 0 aromatic rings. The zero-order chi connectivity index (χ0) is 26.6. The highest BCUT2D eigenvalue weighted by Crippen LogP contribution is 2.64. The van der Waals surface area contributed by atoms with Gasteiger partial charge < -0.3 is 21.1 Å². The van der Waals surface area contributed by atoms with Gasteiger partial charge in [-0.3, -0.25) is 23.9 Å². The number of likely N-dealkylation sites (tertiary alicyclic amines) is 1. The SMILES string of the molecule is C[C@](O)(C(=O)N1CC2(CC1C(N)=O)CC2[C@H](C[C@H]1CCNC1=O)C(=O)COC(F)(F)F)C(F)(F)F. The molecule has 0 aromatic carbocycles. The average Bonchev–Trinajstić information content (AvgIpc) is 3.02. The number of rotatable bonds is 8. The second-order valence-electron chi connectivity index (χ2n) is 9.62. The molecule has 3 fully saturated rings. The Kier molecular flexibility index (Phi) is 6.92. The summed E-state index contributed by atoms with van der Waals surface area (Å²) in [5.41, 5.74) is 0.404. The van der Waals surface area contributed by atoms with Gasteiger partial charge >= 0.3 is 12.5 Å². The van der Waals surface area contributed by atoms with Gasteiger partial charge in [-0.05, 0) is 43.9 Å². The number of ether oxygens (including phenoxy) is 1. The Morgan fingerprint density at radius 3 is 2.34 bits per heavy atom. The second kappa shape index (κ2) is 8.91. The highest BCUT2D eigenvalue weighted by atomic mass is 19.4. The number of halogens is 6. The molecular weight excluding hydrogens is 492 g/mol. The first-order valence-corrected chi connectivity index (χ1v) is 10.8. The van der Waals surface area contributed by atoms with Gasteiger partial charge in [-0.1, -0.05) is 0 Å². The average molecular weight is 517 g/mol. The van der Waals surface area contributed by atoms with E-state index in [1.54, 1.807) is 0 Å². The molecule has 2 heterocycles. The monoisotopic (exact) mass is 517 g/mol. The first-order chi connectivity index (χ1) is 15.9. The maximum Gasteiger partial charge on any atom is 0.522 e. The van der Waals surface area contributed by atoms with Crippen molar-refractivity contribution in [2.45, 2.75) is 56.8 Å². The Labute approximate surface area is 195 Å². The van der Waals surface area contributed by atoms with Crippen LogP contribution in [0.3, 0.4) is 0 Å². The fourth-order valence-corrected chi connectivity index (χ4v) is 5.20. The number of nitrogens with one attached hydrogen (secondary N) is 1. The molecule has 3 unspecified atom stereocenters. The van der Waals surface area contributed by atoms with Gasteiger partial charge in [0.25, 0.3) is 5.91 Å². The van der Waals surface area contributed by atoms with Gasteiger partial charge in [0.2, 0.25) is 17.4 Å². The number of Topliss-reactive ketones (excluding diaryl/α,β-unsaturated/α-hetero) is 1. The third-order valence-corrected chi connectivity index (χ3v) is 7.25. The van der Waals surface area contributed by atoms with Crippen LogP contribution in [0.15, 0.2) is 0 Å². The molecule has 0 bridgehead atoms. The molecule has 2 aliphatic heterocycles. The minimum absolute atomic E-state index is 0.103. The number of hydrogen-bond donors (Lipinski definition) is 3. The van der Waals surface area contributed by atoms with E-state index in [0.29, 0.717) is 17.9 Å². The minimum atomic E-state index is -5.35. The zero-order valence-electron chi connectivity index (χ0n) is 18.5. The number of carbonyl (C=O) groups excluding carboxylic acids is 4. The Morgan fingerprint density at radius 2 is 1.86 bits per heavy atom. The van der Waals surface area contributed by atoms with Crippen molar-refractivity contribution in [1.29, 1.82) is 0 Å². The molecule has 1 aliphatic carbocycles. The fourth-order valence-electron chi connectivity index (χ4n) is 5.20. The predicted octanol–water partition coefficient (Wildman–Crippen LogP) is 0.640. The summed E-state index contributed by atoms with van der Waals surface area (Å²) in [4.78, 5) is 49.8. The number of nitrogens with zero attached hydrogens (tertiary/aromatic N) is 1. The van der Waals surface area contributed by atoms with Crippen LogP contribution in [0.4, 0.5) is 26.3 Å². The molecule has 1 spiro atoms. The predicted molar refractivity (Wildman–Crippen MR) is 103 cm³/mol. The number of carbonyl (C=O) groups is 4. The van der Waals surface area contributed by atoms with Crippen molar-refractivity contribution in [3.63, 3.8) is 0 Å². The molecular formula is C20H25F6N3O6. The van der Waals surface area contributed by atoms with E-state index in [1.807, 2.05) is 0 Å². The maximum atomic E-state index is 13.2. The summed E-state index contributed by atoms with van der Waals surface area (Å²) in [6, 6.07) is -1.52. The summed E-state index contributed by atoms with van der Waals surface area (Å²) >= 11 is 0. The molecule has 0 aromatic heterocycles. The van der Waals surface area contributed by atoms with Crippen molar-refractivity contribution in [1.82, 2.24) is 10.2 Å². The zero-order valence-corrected chi connectivity index (χ0v) is 18.5. The number of alkyl halides is 6. The maximum absolute atomic E-state index is 13.2. The molecule has 6 atom stereocenters. The molecule has 1 saturated carbocycles. The van der Waals surface area contributed by atoms with E-state index in [1.165, 1.54) is 0 Å². The smallest absolute Gasteiger partial charge is 0.373 e. The van der Waals surface area contributed by atoms with E-state index in [-0.39, 0.29) is 32.1 Å². The topological polar surface area (TPSA) is 139 Å². The number of hydrogen-bond acceptors (Lipinski definition) is 6. The fraction of sp³-hybridized carbons (Fsp3) is 0.800. The summed E-state index contributed by atoms with van der Waals surface area (Å²) in [7, 11) is 0. The Balaban J connectivity index is 1.84. The first kappa shape index (κ1) is 27.2. The van der Waals surface area contributed by atoms with Crippen LogP contribution in [0, 0.1) is 23.2 Å². The number of primary amides is 1. The van der Waals surface area contributed by atoms with Crippen molar-refractivity contribution in [3.8, 4) is 0 Å². The van der Waals surface area contributed by atoms with Crippen LogP contribution in [0.2, 0.25) is 0 Å². The van der Waals surface area contributed by atoms with E-state index in [2.05, 4.69) is 10.1 Å². The van der Waals surface area contributed by atoms with Crippen LogP contribution in [-0.4, -0.2) is 77.4 Å². The lowest BCUT2D eigenvalue weighted by Gasteiger charge is -2.32. The largest absolute Gasteiger partial charge is 0.522 e. The van der Waals surface area contributed by atoms with Gasteiger partial charge in [0, 0.05) is 24.9 Å². The molecule has 3 aliphatic rings.